The minimum atomic E-state index is -0.407. The van der Waals surface area contributed by atoms with Crippen LogP contribution in [0.4, 0.5) is 0 Å². The third kappa shape index (κ3) is 3.57. The molecule has 0 saturated heterocycles. The third-order valence-corrected chi connectivity index (χ3v) is 4.35. The molecule has 3 rings (SSSR count). The molecule has 0 aliphatic heterocycles. The predicted molar refractivity (Wildman–Crippen MR) is 99.7 cm³/mol. The number of aromatic nitrogens is 1. The minimum absolute atomic E-state index is 0.109. The van der Waals surface area contributed by atoms with Crippen molar-refractivity contribution in [3.63, 3.8) is 0 Å². The smallest absolute Gasteiger partial charge is 0.257 e. The summed E-state index contributed by atoms with van der Waals surface area (Å²) in [6.45, 7) is 0.659. The molecule has 0 fully saturated rings. The van der Waals surface area contributed by atoms with Gasteiger partial charge in [0.15, 0.2) is 0 Å². The molecular formula is C19H18ClN3O2. The number of nitrogens with two attached hydrogens (primary N) is 1. The summed E-state index contributed by atoms with van der Waals surface area (Å²) in [6, 6.07) is 12.6. The van der Waals surface area contributed by atoms with Gasteiger partial charge >= 0.3 is 0 Å². The number of carbonyl (C=O) groups is 1. The molecule has 3 N–H and O–H groups in total. The zero-order chi connectivity index (χ0) is 18.0. The van der Waals surface area contributed by atoms with E-state index in [1.54, 1.807) is 36.0 Å². The number of nitrogens with one attached hydrogen (secondary N) is 1. The van der Waals surface area contributed by atoms with E-state index >= 15 is 0 Å². The van der Waals surface area contributed by atoms with E-state index in [1.807, 2.05) is 24.3 Å². The van der Waals surface area contributed by atoms with Crippen molar-refractivity contribution in [2.45, 2.75) is 13.1 Å². The van der Waals surface area contributed by atoms with Crippen molar-refractivity contribution < 1.29 is 4.79 Å². The number of halogens is 1. The predicted octanol–water partition coefficient (Wildman–Crippen LogP) is 2.58. The second-order valence-corrected chi connectivity index (χ2v) is 6.28. The van der Waals surface area contributed by atoms with Gasteiger partial charge in [-0.15, -0.1) is 0 Å². The van der Waals surface area contributed by atoms with Crippen molar-refractivity contribution in [3.05, 3.63) is 80.6 Å². The molecule has 0 bridgehead atoms. The Labute approximate surface area is 150 Å². The van der Waals surface area contributed by atoms with Crippen LogP contribution in [0.5, 0.6) is 0 Å². The molecule has 5 nitrogen and oxygen atoms in total. The fourth-order valence-electron chi connectivity index (χ4n) is 2.71. The highest BCUT2D eigenvalue weighted by molar-refractivity contribution is 6.30. The van der Waals surface area contributed by atoms with Gasteiger partial charge in [0.1, 0.15) is 5.56 Å². The Balaban J connectivity index is 1.91. The maximum atomic E-state index is 12.7. The largest absolute Gasteiger partial charge is 0.350 e. The van der Waals surface area contributed by atoms with Crippen molar-refractivity contribution in [3.8, 4) is 0 Å². The molecule has 0 aliphatic carbocycles. The Bertz CT molecular complexity index is 994. The second-order valence-electron chi connectivity index (χ2n) is 5.85. The number of benzene rings is 2. The van der Waals surface area contributed by atoms with Gasteiger partial charge in [0, 0.05) is 36.7 Å². The van der Waals surface area contributed by atoms with Crippen LogP contribution in [0.2, 0.25) is 5.02 Å². The van der Waals surface area contributed by atoms with Gasteiger partial charge in [0.2, 0.25) is 5.43 Å². The molecule has 25 heavy (non-hydrogen) atoms. The standard InChI is InChI=1S/C19H18ClN3O2/c1-23-11-16(18(24)15-8-13(9-21)4-7-17(15)23)19(25)22-10-12-2-5-14(20)6-3-12/h2-8,11H,9-10,21H2,1H3,(H,22,25). The van der Waals surface area contributed by atoms with Gasteiger partial charge in [-0.3, -0.25) is 9.59 Å². The first kappa shape index (κ1) is 17.2. The monoisotopic (exact) mass is 355 g/mol. The van der Waals surface area contributed by atoms with Crippen LogP contribution in [0, 0.1) is 0 Å². The van der Waals surface area contributed by atoms with Gasteiger partial charge in [-0.1, -0.05) is 29.8 Å². The molecule has 2 aromatic carbocycles. The van der Waals surface area contributed by atoms with Crippen LogP contribution in [0.1, 0.15) is 21.5 Å². The summed E-state index contributed by atoms with van der Waals surface area (Å²) in [5.41, 5.74) is 7.98. The van der Waals surface area contributed by atoms with Crippen LogP contribution in [0.25, 0.3) is 10.9 Å². The van der Waals surface area contributed by atoms with Crippen molar-refractivity contribution in [1.82, 2.24) is 9.88 Å². The molecule has 0 radical (unpaired) electrons. The third-order valence-electron chi connectivity index (χ3n) is 4.10. The Morgan fingerprint density at radius 2 is 1.84 bits per heavy atom. The van der Waals surface area contributed by atoms with Crippen LogP contribution >= 0.6 is 11.6 Å². The summed E-state index contributed by atoms with van der Waals surface area (Å²) < 4.78 is 1.77. The molecule has 0 unspecified atom stereocenters. The van der Waals surface area contributed by atoms with Crippen LogP contribution in [0.15, 0.2) is 53.5 Å². The summed E-state index contributed by atoms with van der Waals surface area (Å²) in [6.07, 6.45) is 1.56. The van der Waals surface area contributed by atoms with E-state index < -0.39 is 5.91 Å². The van der Waals surface area contributed by atoms with E-state index in [1.165, 1.54) is 0 Å². The zero-order valence-corrected chi connectivity index (χ0v) is 14.5. The summed E-state index contributed by atoms with van der Waals surface area (Å²) >= 11 is 5.85. The number of hydrogen-bond acceptors (Lipinski definition) is 3. The van der Waals surface area contributed by atoms with E-state index in [0.29, 0.717) is 23.5 Å². The lowest BCUT2D eigenvalue weighted by molar-refractivity contribution is 0.0949. The number of hydrogen-bond donors (Lipinski definition) is 2. The van der Waals surface area contributed by atoms with Crippen molar-refractivity contribution >= 4 is 28.4 Å². The average molecular weight is 356 g/mol. The van der Waals surface area contributed by atoms with E-state index in [4.69, 9.17) is 17.3 Å². The Morgan fingerprint density at radius 3 is 2.52 bits per heavy atom. The molecule has 0 saturated carbocycles. The normalized spacial score (nSPS) is 10.8. The summed E-state index contributed by atoms with van der Waals surface area (Å²) in [5, 5.41) is 3.90. The van der Waals surface area contributed by atoms with E-state index in [2.05, 4.69) is 5.32 Å². The van der Waals surface area contributed by atoms with Crippen molar-refractivity contribution in [1.29, 1.82) is 0 Å². The highest BCUT2D eigenvalue weighted by atomic mass is 35.5. The van der Waals surface area contributed by atoms with Gasteiger partial charge in [0.05, 0.1) is 5.52 Å². The van der Waals surface area contributed by atoms with Gasteiger partial charge < -0.3 is 15.6 Å². The van der Waals surface area contributed by atoms with Gasteiger partial charge in [0.25, 0.3) is 5.91 Å². The van der Waals surface area contributed by atoms with Gasteiger partial charge in [-0.05, 0) is 35.4 Å². The number of pyridine rings is 1. The Morgan fingerprint density at radius 1 is 1.16 bits per heavy atom. The molecule has 1 aromatic heterocycles. The van der Waals surface area contributed by atoms with E-state index in [-0.39, 0.29) is 11.0 Å². The maximum Gasteiger partial charge on any atom is 0.257 e. The minimum Gasteiger partial charge on any atom is -0.350 e. The molecule has 0 aliphatic rings. The number of aryl methyl sites for hydroxylation is 1. The van der Waals surface area contributed by atoms with Crippen LogP contribution < -0.4 is 16.5 Å². The van der Waals surface area contributed by atoms with Crippen molar-refractivity contribution in [2.75, 3.05) is 0 Å². The lowest BCUT2D eigenvalue weighted by Gasteiger charge is -2.11. The van der Waals surface area contributed by atoms with Crippen LogP contribution in [-0.2, 0) is 20.1 Å². The summed E-state index contributed by atoms with van der Waals surface area (Å²) in [7, 11) is 1.81. The molecular weight excluding hydrogens is 338 g/mol. The lowest BCUT2D eigenvalue weighted by Crippen LogP contribution is -2.29. The number of amides is 1. The molecule has 128 valence electrons. The fraction of sp³-hybridized carbons (Fsp3) is 0.158. The second kappa shape index (κ2) is 7.09. The Kier molecular flexibility index (Phi) is 4.88. The Hall–Kier alpha value is -2.63. The number of carbonyl (C=O) groups excluding carboxylic acids is 1. The molecule has 0 spiro atoms. The number of rotatable bonds is 4. The topological polar surface area (TPSA) is 77.1 Å². The summed E-state index contributed by atoms with van der Waals surface area (Å²) in [5.74, 6) is -0.407. The number of fused-ring (bicyclic) bond motifs is 1. The molecule has 3 aromatic rings. The van der Waals surface area contributed by atoms with E-state index in [0.717, 1.165) is 16.6 Å². The first-order valence-electron chi connectivity index (χ1n) is 7.84. The molecule has 1 heterocycles. The van der Waals surface area contributed by atoms with Gasteiger partial charge in [-0.25, -0.2) is 0 Å². The molecule has 0 atom stereocenters. The van der Waals surface area contributed by atoms with E-state index in [9.17, 15) is 9.59 Å². The zero-order valence-electron chi connectivity index (χ0n) is 13.8. The SMILES string of the molecule is Cn1cc(C(=O)NCc2ccc(Cl)cc2)c(=O)c2cc(CN)ccc21. The summed E-state index contributed by atoms with van der Waals surface area (Å²) in [4.78, 5) is 25.2. The van der Waals surface area contributed by atoms with Gasteiger partial charge in [-0.2, -0.15) is 0 Å². The lowest BCUT2D eigenvalue weighted by atomic mass is 10.1. The number of nitrogens with zero attached hydrogens (tertiary/aromatic N) is 1. The quantitative estimate of drug-likeness (QED) is 0.755. The first-order valence-corrected chi connectivity index (χ1v) is 8.22. The highest BCUT2D eigenvalue weighted by Gasteiger charge is 2.14. The fourth-order valence-corrected chi connectivity index (χ4v) is 2.83. The maximum absolute atomic E-state index is 12.7. The molecule has 6 heteroatoms. The molecule has 1 amide bonds. The average Bonchev–Trinajstić information content (AvgIpc) is 2.63. The highest BCUT2D eigenvalue weighted by Crippen LogP contribution is 2.14. The van der Waals surface area contributed by atoms with Crippen molar-refractivity contribution in [2.24, 2.45) is 12.8 Å². The first-order chi connectivity index (χ1) is 12.0. The van der Waals surface area contributed by atoms with Crippen LogP contribution in [0.3, 0.4) is 0 Å². The van der Waals surface area contributed by atoms with Crippen LogP contribution in [-0.4, -0.2) is 10.5 Å².